The van der Waals surface area contributed by atoms with Gasteiger partial charge in [0.2, 0.25) is 0 Å². The molecule has 94 heavy (non-hydrogen) atoms. The summed E-state index contributed by atoms with van der Waals surface area (Å²) in [5.74, 6) is 1.75. The van der Waals surface area contributed by atoms with Crippen LogP contribution in [0.2, 0.25) is 10.0 Å². The molecule has 2 aliphatic rings. The summed E-state index contributed by atoms with van der Waals surface area (Å²) in [6.45, 7) is 16.5. The summed E-state index contributed by atoms with van der Waals surface area (Å²) >= 11 is 12.0. The number of fused-ring (bicyclic) bond motifs is 3. The van der Waals surface area contributed by atoms with Crippen molar-refractivity contribution in [3.8, 4) is 34.1 Å². The Balaban J connectivity index is 0.000000158. The molecule has 0 bridgehead atoms. The van der Waals surface area contributed by atoms with E-state index in [0.717, 1.165) is 96.6 Å². The minimum absolute atomic E-state index is 0.0451. The van der Waals surface area contributed by atoms with E-state index in [1.807, 2.05) is 111 Å². The number of nitrogens with one attached hydrogen (secondary N) is 2. The lowest BCUT2D eigenvalue weighted by Gasteiger charge is -2.32. The zero-order valence-electron chi connectivity index (χ0n) is 52.8. The van der Waals surface area contributed by atoms with Crippen LogP contribution in [0.25, 0.3) is 55.2 Å². The van der Waals surface area contributed by atoms with E-state index in [1.54, 1.807) is 35.6 Å². The highest BCUT2D eigenvalue weighted by molar-refractivity contribution is 6.62. The van der Waals surface area contributed by atoms with E-state index in [9.17, 15) is 31.5 Å². The first-order valence-corrected chi connectivity index (χ1v) is 30.6. The van der Waals surface area contributed by atoms with E-state index < -0.39 is 41.8 Å². The normalized spacial score (nSPS) is 13.9. The van der Waals surface area contributed by atoms with Gasteiger partial charge in [0.05, 0.1) is 64.7 Å². The number of anilines is 1. The zero-order chi connectivity index (χ0) is 67.3. The lowest BCUT2D eigenvalue weighted by Crippen LogP contribution is -2.41. The van der Waals surface area contributed by atoms with Crippen LogP contribution in [0, 0.1) is 23.5 Å². The molecule has 0 unspecified atom stereocenters. The summed E-state index contributed by atoms with van der Waals surface area (Å²) in [4.78, 5) is 42.5. The lowest BCUT2D eigenvalue weighted by molar-refractivity contribution is -0.167. The number of carbonyl (C=O) groups is 2. The van der Waals surface area contributed by atoms with Crippen LogP contribution in [-0.2, 0) is 38.4 Å². The maximum atomic E-state index is 15.0. The van der Waals surface area contributed by atoms with Crippen LogP contribution in [-0.4, -0.2) is 114 Å². The molecule has 4 aromatic carbocycles. The molecule has 1 aliphatic heterocycles. The fourth-order valence-corrected chi connectivity index (χ4v) is 10.4. The van der Waals surface area contributed by atoms with Gasteiger partial charge in [-0.3, -0.25) is 29.1 Å². The van der Waals surface area contributed by atoms with Crippen LogP contribution in [0.4, 0.5) is 32.4 Å². The molecule has 0 spiro atoms. The number of alkyl halides is 3. The predicted molar refractivity (Wildman–Crippen MR) is 356 cm³/mol. The molecule has 0 radical (unpaired) electrons. The number of amides is 2. The minimum Gasteiger partial charge on any atom is -0.444 e. The number of hydrogen-bond donors (Lipinski definition) is 2. The number of carbonyl (C=O) groups excluding carboxylic acids is 2. The van der Waals surface area contributed by atoms with E-state index >= 15 is 0 Å². The Morgan fingerprint density at radius 1 is 0.702 bits per heavy atom. The molecule has 16 nitrogen and oxygen atoms in total. The standard InChI is InChI=1S/C29H23ClFN5.C26H35BN4O4.C15H7ClF4N2O/c1-32-9-10-36-17-22(16-35-36)21-12-20-11-18(4-7-27(20)34-15-21)28-25(13-19-3-2-8-33-29(19)28)24-14-23(30)5-6-26(24)31;1-24(2,3)33-23(32)30(8)11-12-31-17-20(16-29-31)19-13-18-14-21(9-10-22(18)28-15-19)27-34-25(4,5)26(6,7)35-27;16-10-4-5-11(17)9(8-10)3-6-12-13(2-1-7-21-12)22-14(23)15(18,19)20/h2-8,11-12,14-17,32H,9-10,13H2,1H3;9-10,13-17H,11-12H2,1-8H3;1-2,4-5,7-8H,(H,22,23). The van der Waals surface area contributed by atoms with Gasteiger partial charge in [-0.25, -0.2) is 18.6 Å². The molecule has 1 fully saturated rings. The molecular formula is C70H65BCl2F5N11O5. The highest BCUT2D eigenvalue weighted by Crippen LogP contribution is 2.43. The number of halogens is 7. The first-order valence-electron chi connectivity index (χ1n) is 29.8. The van der Waals surface area contributed by atoms with Crippen molar-refractivity contribution < 1.29 is 45.6 Å². The summed E-state index contributed by atoms with van der Waals surface area (Å²) in [5, 5.41) is 16.5. The van der Waals surface area contributed by atoms with Gasteiger partial charge in [0.25, 0.3) is 0 Å². The Labute approximate surface area is 550 Å². The predicted octanol–water partition coefficient (Wildman–Crippen LogP) is 14.1. The van der Waals surface area contributed by atoms with Crippen molar-refractivity contribution in [1.29, 1.82) is 0 Å². The van der Waals surface area contributed by atoms with Crippen LogP contribution in [0.15, 0.2) is 159 Å². The lowest BCUT2D eigenvalue weighted by atomic mass is 9.78. The number of ether oxygens (including phenoxy) is 1. The number of allylic oxidation sites excluding steroid dienone is 1. The van der Waals surface area contributed by atoms with Crippen molar-refractivity contribution in [3.63, 3.8) is 0 Å². The van der Waals surface area contributed by atoms with Crippen LogP contribution >= 0.6 is 23.2 Å². The fraction of sp³-hybridized carbons (Fsp3) is 0.257. The monoisotopic (exact) mass is 1320 g/mol. The molecule has 12 rings (SSSR count). The second-order valence-corrected chi connectivity index (χ2v) is 25.1. The Morgan fingerprint density at radius 2 is 1.30 bits per heavy atom. The summed E-state index contributed by atoms with van der Waals surface area (Å²) < 4.78 is 86.9. The van der Waals surface area contributed by atoms with E-state index in [4.69, 9.17) is 37.2 Å². The molecule has 24 heteroatoms. The number of benzene rings is 4. The molecule has 1 saturated heterocycles. The van der Waals surface area contributed by atoms with Gasteiger partial charge in [0.1, 0.15) is 22.9 Å². The first kappa shape index (κ1) is 67.5. The van der Waals surface area contributed by atoms with E-state index in [1.165, 1.54) is 36.5 Å². The van der Waals surface area contributed by atoms with E-state index in [0.29, 0.717) is 30.1 Å². The zero-order valence-corrected chi connectivity index (χ0v) is 54.3. The smallest absolute Gasteiger partial charge is 0.444 e. The van der Waals surface area contributed by atoms with E-state index in [-0.39, 0.29) is 33.9 Å². The Kier molecular flexibility index (Phi) is 20.2. The third kappa shape index (κ3) is 16.2. The summed E-state index contributed by atoms with van der Waals surface area (Å²) in [6.07, 6.45) is 9.66. The maximum Gasteiger partial charge on any atom is 0.494 e. The second kappa shape index (κ2) is 28.1. The molecule has 7 heterocycles. The third-order valence-corrected chi connectivity index (χ3v) is 16.2. The van der Waals surface area contributed by atoms with Crippen LogP contribution in [0.5, 0.6) is 0 Å². The summed E-state index contributed by atoms with van der Waals surface area (Å²) in [6, 6.07) is 31.4. The molecule has 0 atom stereocenters. The van der Waals surface area contributed by atoms with Gasteiger partial charge in [0.15, 0.2) is 0 Å². The molecule has 0 saturated carbocycles. The molecule has 2 N–H and O–H groups in total. The number of likely N-dealkylation sites (N-methyl/N-ethyl adjacent to an activating group) is 2. The average molecular weight is 1320 g/mol. The molecule has 2 amide bonds. The van der Waals surface area contributed by atoms with Crippen LogP contribution in [0.3, 0.4) is 0 Å². The number of pyridine rings is 4. The Hall–Kier alpha value is -9.37. The van der Waals surface area contributed by atoms with Crippen molar-refractivity contribution >= 4 is 86.4 Å². The molecule has 6 aromatic heterocycles. The molecule has 482 valence electrons. The molecule has 10 aromatic rings. The third-order valence-electron chi connectivity index (χ3n) is 15.7. The number of aromatic nitrogens is 8. The van der Waals surface area contributed by atoms with Crippen molar-refractivity contribution in [1.82, 2.24) is 49.7 Å². The van der Waals surface area contributed by atoms with Gasteiger partial charge in [-0.15, -0.1) is 0 Å². The van der Waals surface area contributed by atoms with Crippen LogP contribution in [0.1, 0.15) is 82.1 Å². The number of hydrogen-bond acceptors (Lipinski definition) is 12. The second-order valence-electron chi connectivity index (χ2n) is 24.3. The van der Waals surface area contributed by atoms with Crippen LogP contribution < -0.4 is 16.1 Å². The van der Waals surface area contributed by atoms with Crippen molar-refractivity contribution in [2.45, 2.75) is 91.0 Å². The van der Waals surface area contributed by atoms with E-state index in [2.05, 4.69) is 99.3 Å². The maximum absolute atomic E-state index is 15.0. The van der Waals surface area contributed by atoms with Crippen molar-refractivity contribution in [2.75, 3.05) is 32.5 Å². The fourth-order valence-electron chi connectivity index (χ4n) is 10.1. The van der Waals surface area contributed by atoms with Crippen molar-refractivity contribution in [3.05, 3.63) is 214 Å². The molecule has 1 aliphatic carbocycles. The number of nitrogens with zero attached hydrogens (tertiary/aromatic N) is 9. The van der Waals surface area contributed by atoms with Gasteiger partial charge < -0.3 is 29.6 Å². The molecular weight excluding hydrogens is 1250 g/mol. The Bertz CT molecular complexity index is 4560. The van der Waals surface area contributed by atoms with Gasteiger partial charge >= 0.3 is 25.3 Å². The summed E-state index contributed by atoms with van der Waals surface area (Å²) in [7, 11) is 3.23. The SMILES string of the molecule is CN(CCn1cc(-c2cnc3ccc(B4OC(C)(C)C(C)(C)O4)cc3c2)cn1)C(=O)OC(C)(C)C.CNCCn1cc(-c2cnc3ccc(C4=C(c5cc(Cl)ccc5F)Cc5cccnc54)cc3c2)cn1.O=C(Nc1cccnc1C#Cc1cc(Cl)ccc1F)C(F)(F)F. The quantitative estimate of drug-likeness (QED) is 0.0673. The topological polar surface area (TPSA) is 176 Å². The largest absolute Gasteiger partial charge is 0.494 e. The highest BCUT2D eigenvalue weighted by Gasteiger charge is 2.51. The highest BCUT2D eigenvalue weighted by atomic mass is 35.5. The summed E-state index contributed by atoms with van der Waals surface area (Å²) in [5.41, 5.74) is 10.2. The van der Waals surface area contributed by atoms with Gasteiger partial charge in [0, 0.05) is 118 Å². The minimum atomic E-state index is -5.04. The van der Waals surface area contributed by atoms with Gasteiger partial charge in [-0.1, -0.05) is 53.4 Å². The van der Waals surface area contributed by atoms with Gasteiger partial charge in [-0.2, -0.15) is 23.4 Å². The number of rotatable bonds is 12. The van der Waals surface area contributed by atoms with Crippen molar-refractivity contribution in [2.24, 2.45) is 0 Å². The average Bonchev–Trinajstić information content (AvgIpc) is 1.59. The first-order chi connectivity index (χ1) is 44.6. The van der Waals surface area contributed by atoms with Gasteiger partial charge in [-0.05, 0) is 169 Å². The Morgan fingerprint density at radius 3 is 1.95 bits per heavy atom.